The molecule has 0 fully saturated rings. The van der Waals surface area contributed by atoms with E-state index in [2.05, 4.69) is 0 Å². The standard InChI is InChI=1S/C8H6ClOS/c9-8-3-1-7(2-4-8)5-11-6-10/h1-4H,5H2. The number of halogens is 1. The molecule has 0 amide bonds. The molecule has 0 saturated heterocycles. The number of carbonyl (C=O) groups excluding carboxylic acids is 1. The van der Waals surface area contributed by atoms with Crippen LogP contribution in [0.2, 0.25) is 5.02 Å². The zero-order valence-electron chi connectivity index (χ0n) is 5.71. The first kappa shape index (κ1) is 8.62. The van der Waals surface area contributed by atoms with Crippen LogP contribution >= 0.6 is 23.4 Å². The summed E-state index contributed by atoms with van der Waals surface area (Å²) in [7, 11) is 0. The largest absolute Gasteiger partial charge is 0.277 e. The lowest BCUT2D eigenvalue weighted by Gasteiger charge is -1.95. The first-order chi connectivity index (χ1) is 5.33. The van der Waals surface area contributed by atoms with Gasteiger partial charge < -0.3 is 0 Å². The van der Waals surface area contributed by atoms with Gasteiger partial charge in [-0.15, -0.1) is 0 Å². The van der Waals surface area contributed by atoms with Crippen molar-refractivity contribution >= 4 is 29.0 Å². The topological polar surface area (TPSA) is 17.1 Å². The Labute approximate surface area is 74.7 Å². The minimum absolute atomic E-state index is 0.667. The number of thioether (sulfide) groups is 1. The normalized spacial score (nSPS) is 9.55. The summed E-state index contributed by atoms with van der Waals surface area (Å²) < 4.78 is 0. The van der Waals surface area contributed by atoms with E-state index in [1.807, 2.05) is 24.3 Å². The summed E-state index contributed by atoms with van der Waals surface area (Å²) in [6.07, 6.45) is 0. The molecule has 0 aliphatic heterocycles. The average Bonchev–Trinajstić information content (AvgIpc) is 2.04. The minimum atomic E-state index is 0.667. The maximum atomic E-state index is 9.86. The Morgan fingerprint density at radius 3 is 2.55 bits per heavy atom. The fourth-order valence-electron chi connectivity index (χ4n) is 0.693. The van der Waals surface area contributed by atoms with Crippen molar-refractivity contribution < 1.29 is 4.79 Å². The molecule has 0 N–H and O–H groups in total. The molecule has 0 unspecified atom stereocenters. The van der Waals surface area contributed by atoms with E-state index in [-0.39, 0.29) is 0 Å². The van der Waals surface area contributed by atoms with Crippen molar-refractivity contribution in [2.24, 2.45) is 0 Å². The van der Waals surface area contributed by atoms with Crippen molar-refractivity contribution in [2.45, 2.75) is 5.75 Å². The maximum Gasteiger partial charge on any atom is 0.266 e. The monoisotopic (exact) mass is 185 g/mol. The van der Waals surface area contributed by atoms with Gasteiger partial charge in [-0.1, -0.05) is 35.5 Å². The molecule has 1 radical (unpaired) electrons. The molecule has 1 rings (SSSR count). The van der Waals surface area contributed by atoms with Gasteiger partial charge in [0.25, 0.3) is 5.62 Å². The minimum Gasteiger partial charge on any atom is -0.277 e. The van der Waals surface area contributed by atoms with Crippen LogP contribution in [-0.2, 0) is 10.5 Å². The van der Waals surface area contributed by atoms with Gasteiger partial charge in [0.15, 0.2) is 0 Å². The molecule has 0 saturated carbocycles. The second-order valence-electron chi connectivity index (χ2n) is 2.00. The van der Waals surface area contributed by atoms with E-state index in [1.54, 1.807) is 5.62 Å². The van der Waals surface area contributed by atoms with Gasteiger partial charge in [-0.05, 0) is 17.7 Å². The molecule has 0 atom stereocenters. The Bertz CT molecular complexity index is 232. The molecule has 11 heavy (non-hydrogen) atoms. The van der Waals surface area contributed by atoms with E-state index in [0.717, 1.165) is 17.3 Å². The predicted molar refractivity (Wildman–Crippen MR) is 48.4 cm³/mol. The molecule has 1 aromatic rings. The van der Waals surface area contributed by atoms with E-state index in [1.165, 1.54) is 0 Å². The summed E-state index contributed by atoms with van der Waals surface area (Å²) in [5.74, 6) is 0.667. The highest BCUT2D eigenvalue weighted by Crippen LogP contribution is 2.13. The molecule has 0 heterocycles. The zero-order chi connectivity index (χ0) is 8.10. The zero-order valence-corrected chi connectivity index (χ0v) is 7.28. The summed E-state index contributed by atoms with van der Waals surface area (Å²) in [6.45, 7) is 0. The molecule has 0 spiro atoms. The van der Waals surface area contributed by atoms with Crippen LogP contribution < -0.4 is 0 Å². The third kappa shape index (κ3) is 2.95. The summed E-state index contributed by atoms with van der Waals surface area (Å²) in [4.78, 5) is 9.86. The van der Waals surface area contributed by atoms with Crippen LogP contribution in [0.5, 0.6) is 0 Å². The van der Waals surface area contributed by atoms with Crippen LogP contribution in [-0.4, -0.2) is 5.62 Å². The van der Waals surface area contributed by atoms with Crippen LogP contribution in [0.1, 0.15) is 5.56 Å². The van der Waals surface area contributed by atoms with Gasteiger partial charge in [0, 0.05) is 10.8 Å². The van der Waals surface area contributed by atoms with Crippen LogP contribution in [0.15, 0.2) is 24.3 Å². The Morgan fingerprint density at radius 1 is 1.36 bits per heavy atom. The third-order valence-corrected chi connectivity index (χ3v) is 2.06. The summed E-state index contributed by atoms with van der Waals surface area (Å²) in [5.41, 5.74) is 2.85. The molecule has 0 bridgehead atoms. The predicted octanol–water partition coefficient (Wildman–Crippen LogP) is 2.64. The van der Waals surface area contributed by atoms with Crippen molar-refractivity contribution in [2.75, 3.05) is 0 Å². The maximum absolute atomic E-state index is 9.86. The van der Waals surface area contributed by atoms with E-state index >= 15 is 0 Å². The van der Waals surface area contributed by atoms with Crippen molar-refractivity contribution in [3.05, 3.63) is 34.9 Å². The highest BCUT2D eigenvalue weighted by atomic mass is 35.5. The molecule has 0 aromatic heterocycles. The van der Waals surface area contributed by atoms with E-state index in [4.69, 9.17) is 11.6 Å². The summed E-state index contributed by atoms with van der Waals surface area (Å²) in [5, 5.41) is 0.717. The average molecular weight is 186 g/mol. The second-order valence-corrected chi connectivity index (χ2v) is 3.18. The Hall–Kier alpha value is -0.470. The molecule has 3 heteroatoms. The number of rotatable bonds is 3. The Balaban J connectivity index is 2.58. The quantitative estimate of drug-likeness (QED) is 0.720. The van der Waals surface area contributed by atoms with Gasteiger partial charge in [-0.2, -0.15) is 0 Å². The highest BCUT2D eigenvalue weighted by Gasteiger charge is 1.92. The van der Waals surface area contributed by atoms with Crippen LogP contribution in [0.4, 0.5) is 0 Å². The first-order valence-electron chi connectivity index (χ1n) is 3.06. The summed E-state index contributed by atoms with van der Waals surface area (Å²) in [6, 6.07) is 7.41. The van der Waals surface area contributed by atoms with E-state index in [0.29, 0.717) is 10.8 Å². The lowest BCUT2D eigenvalue weighted by atomic mass is 10.2. The molecule has 0 aliphatic rings. The van der Waals surface area contributed by atoms with Gasteiger partial charge in [0.05, 0.1) is 0 Å². The number of benzene rings is 1. The SMILES string of the molecule is O=[C]SCc1ccc(Cl)cc1. The Morgan fingerprint density at radius 2 is 2.00 bits per heavy atom. The molecule has 0 aliphatic carbocycles. The van der Waals surface area contributed by atoms with Crippen LogP contribution in [0, 0.1) is 0 Å². The van der Waals surface area contributed by atoms with Gasteiger partial charge in [-0.25, -0.2) is 0 Å². The van der Waals surface area contributed by atoms with Gasteiger partial charge in [0.2, 0.25) is 0 Å². The van der Waals surface area contributed by atoms with Crippen molar-refractivity contribution in [3.63, 3.8) is 0 Å². The van der Waals surface area contributed by atoms with Crippen molar-refractivity contribution in [1.29, 1.82) is 0 Å². The fraction of sp³-hybridized carbons (Fsp3) is 0.125. The van der Waals surface area contributed by atoms with Gasteiger partial charge in [0.1, 0.15) is 0 Å². The van der Waals surface area contributed by atoms with E-state index < -0.39 is 0 Å². The molecular formula is C8H6ClOS. The molecule has 1 aromatic carbocycles. The molecule has 1 nitrogen and oxygen atoms in total. The van der Waals surface area contributed by atoms with Crippen molar-refractivity contribution in [1.82, 2.24) is 0 Å². The number of hydrogen-bond acceptors (Lipinski definition) is 2. The third-order valence-electron chi connectivity index (χ3n) is 1.21. The van der Waals surface area contributed by atoms with E-state index in [9.17, 15) is 4.79 Å². The van der Waals surface area contributed by atoms with Crippen LogP contribution in [0.25, 0.3) is 0 Å². The van der Waals surface area contributed by atoms with Gasteiger partial charge >= 0.3 is 0 Å². The smallest absolute Gasteiger partial charge is 0.266 e. The first-order valence-corrected chi connectivity index (χ1v) is 4.42. The van der Waals surface area contributed by atoms with Crippen LogP contribution in [0.3, 0.4) is 0 Å². The fourth-order valence-corrected chi connectivity index (χ4v) is 1.24. The van der Waals surface area contributed by atoms with Gasteiger partial charge in [-0.3, -0.25) is 4.79 Å². The molecule has 57 valence electrons. The highest BCUT2D eigenvalue weighted by molar-refractivity contribution is 8.11. The Kier molecular flexibility index (Phi) is 3.46. The second kappa shape index (κ2) is 4.42. The number of hydrogen-bond donors (Lipinski definition) is 0. The summed E-state index contributed by atoms with van der Waals surface area (Å²) >= 11 is 6.78. The lowest BCUT2D eigenvalue weighted by Crippen LogP contribution is -1.78. The van der Waals surface area contributed by atoms with Crippen molar-refractivity contribution in [3.8, 4) is 0 Å². The lowest BCUT2D eigenvalue weighted by molar-refractivity contribution is 0.570. The molecular weight excluding hydrogens is 180 g/mol.